The summed E-state index contributed by atoms with van der Waals surface area (Å²) >= 11 is 4.16. The van der Waals surface area contributed by atoms with Gasteiger partial charge in [0.15, 0.2) is 0 Å². The fourth-order valence-electron chi connectivity index (χ4n) is 2.40. The van der Waals surface area contributed by atoms with E-state index >= 15 is 0 Å². The molecule has 0 fully saturated rings. The number of nitrogens with one attached hydrogen (secondary N) is 1. The minimum Gasteiger partial charge on any atom is -0.309 e. The maximum atomic E-state index is 3.44. The summed E-state index contributed by atoms with van der Waals surface area (Å²) in [5.41, 5.74) is 2.67. The summed E-state index contributed by atoms with van der Waals surface area (Å²) in [5.74, 6) is 0. The minimum absolute atomic E-state index is 0.249. The molecule has 2 aromatic carbocycles. The molecule has 0 spiro atoms. The first-order chi connectivity index (χ1) is 9.29. The molecule has 0 aliphatic carbocycles. The van der Waals surface area contributed by atoms with Crippen molar-refractivity contribution in [3.8, 4) is 0 Å². The molecule has 3 heteroatoms. The van der Waals surface area contributed by atoms with E-state index in [4.69, 9.17) is 0 Å². The molecule has 1 aromatic heterocycles. The Hall–Kier alpha value is -0.910. The summed E-state index contributed by atoms with van der Waals surface area (Å²) < 4.78 is 2.64. The molecule has 3 aromatic rings. The molecule has 0 aliphatic rings. The summed E-state index contributed by atoms with van der Waals surface area (Å²) in [6, 6.07) is 17.7. The van der Waals surface area contributed by atoms with Gasteiger partial charge in [-0.15, -0.1) is 11.3 Å². The molecule has 0 radical (unpaired) electrons. The monoisotopic (exact) mass is 379 g/mol. The average molecular weight is 379 g/mol. The first-order valence-corrected chi connectivity index (χ1v) is 8.14. The van der Waals surface area contributed by atoms with Crippen LogP contribution in [0.2, 0.25) is 0 Å². The SMILES string of the molecule is CNC(c1ccc(I)cc1)c1cccc2ccsc12. The van der Waals surface area contributed by atoms with Crippen molar-refractivity contribution < 1.29 is 0 Å². The Morgan fingerprint density at radius 1 is 1.05 bits per heavy atom. The second-order valence-electron chi connectivity index (χ2n) is 4.46. The fraction of sp³-hybridized carbons (Fsp3) is 0.125. The number of benzene rings is 2. The van der Waals surface area contributed by atoms with E-state index in [0.717, 1.165) is 0 Å². The molecule has 3 rings (SSSR count). The molecular weight excluding hydrogens is 365 g/mol. The minimum atomic E-state index is 0.249. The van der Waals surface area contributed by atoms with Crippen molar-refractivity contribution in [3.63, 3.8) is 0 Å². The second kappa shape index (κ2) is 5.61. The number of halogens is 1. The van der Waals surface area contributed by atoms with Gasteiger partial charge in [0.2, 0.25) is 0 Å². The zero-order chi connectivity index (χ0) is 13.2. The molecule has 1 N–H and O–H groups in total. The number of thiophene rings is 1. The zero-order valence-corrected chi connectivity index (χ0v) is 13.5. The molecule has 1 atom stereocenters. The molecule has 19 heavy (non-hydrogen) atoms. The topological polar surface area (TPSA) is 12.0 Å². The number of fused-ring (bicyclic) bond motifs is 1. The Morgan fingerprint density at radius 2 is 1.84 bits per heavy atom. The molecule has 1 nitrogen and oxygen atoms in total. The summed E-state index contributed by atoms with van der Waals surface area (Å²) in [4.78, 5) is 0. The lowest BCUT2D eigenvalue weighted by molar-refractivity contribution is 0.697. The predicted molar refractivity (Wildman–Crippen MR) is 91.9 cm³/mol. The highest BCUT2D eigenvalue weighted by atomic mass is 127. The van der Waals surface area contributed by atoms with Crippen LogP contribution in [0, 0.1) is 3.57 Å². The van der Waals surface area contributed by atoms with E-state index in [1.807, 2.05) is 18.4 Å². The first-order valence-electron chi connectivity index (χ1n) is 6.18. The van der Waals surface area contributed by atoms with Gasteiger partial charge in [0, 0.05) is 8.27 Å². The smallest absolute Gasteiger partial charge is 0.0588 e. The Kier molecular flexibility index (Phi) is 3.86. The third-order valence-corrected chi connectivity index (χ3v) is 5.01. The van der Waals surface area contributed by atoms with Crippen molar-refractivity contribution in [1.29, 1.82) is 0 Å². The molecule has 0 aliphatic heterocycles. The van der Waals surface area contributed by atoms with Gasteiger partial charge in [0.1, 0.15) is 0 Å². The van der Waals surface area contributed by atoms with Crippen molar-refractivity contribution in [1.82, 2.24) is 5.32 Å². The van der Waals surface area contributed by atoms with Gasteiger partial charge >= 0.3 is 0 Å². The number of hydrogen-bond acceptors (Lipinski definition) is 2. The lowest BCUT2D eigenvalue weighted by Gasteiger charge is -2.18. The summed E-state index contributed by atoms with van der Waals surface area (Å²) in [7, 11) is 2.02. The van der Waals surface area contributed by atoms with E-state index < -0.39 is 0 Å². The molecule has 0 bridgehead atoms. The molecule has 0 saturated heterocycles. The molecule has 96 valence electrons. The lowest BCUT2D eigenvalue weighted by Crippen LogP contribution is -2.17. The van der Waals surface area contributed by atoms with Crippen LogP contribution in [0.15, 0.2) is 53.9 Å². The van der Waals surface area contributed by atoms with Crippen LogP contribution in [0.1, 0.15) is 17.2 Å². The number of rotatable bonds is 3. The summed E-state index contributed by atoms with van der Waals surface area (Å²) in [5, 5.41) is 6.93. The van der Waals surface area contributed by atoms with Gasteiger partial charge in [-0.05, 0) is 69.7 Å². The highest BCUT2D eigenvalue weighted by Gasteiger charge is 2.15. The van der Waals surface area contributed by atoms with Gasteiger partial charge in [0.25, 0.3) is 0 Å². The Bertz CT molecular complexity index is 687. The highest BCUT2D eigenvalue weighted by Crippen LogP contribution is 2.32. The van der Waals surface area contributed by atoms with Crippen molar-refractivity contribution in [2.45, 2.75) is 6.04 Å². The average Bonchev–Trinajstić information content (AvgIpc) is 2.91. The second-order valence-corrected chi connectivity index (χ2v) is 6.62. The van der Waals surface area contributed by atoms with E-state index in [0.29, 0.717) is 0 Å². The third-order valence-electron chi connectivity index (χ3n) is 3.31. The van der Waals surface area contributed by atoms with Crippen LogP contribution in [-0.4, -0.2) is 7.05 Å². The number of hydrogen-bond donors (Lipinski definition) is 1. The maximum Gasteiger partial charge on any atom is 0.0588 e. The molecule has 0 amide bonds. The Morgan fingerprint density at radius 3 is 2.58 bits per heavy atom. The molecular formula is C16H14INS. The van der Waals surface area contributed by atoms with Crippen molar-refractivity contribution >= 4 is 44.0 Å². The first kappa shape index (κ1) is 13.1. The lowest BCUT2D eigenvalue weighted by atomic mass is 9.98. The van der Waals surface area contributed by atoms with Gasteiger partial charge in [-0.25, -0.2) is 0 Å². The Balaban J connectivity index is 2.11. The maximum absolute atomic E-state index is 3.44. The summed E-state index contributed by atoms with van der Waals surface area (Å²) in [6.45, 7) is 0. The quantitative estimate of drug-likeness (QED) is 0.644. The standard InChI is InChI=1S/C16H14INS/c1-18-15(11-5-7-13(17)8-6-11)14-4-2-3-12-9-10-19-16(12)14/h2-10,15,18H,1H3. The van der Waals surface area contributed by atoms with Crippen LogP contribution in [-0.2, 0) is 0 Å². The molecule has 1 unspecified atom stereocenters. The van der Waals surface area contributed by atoms with Gasteiger partial charge < -0.3 is 5.32 Å². The van der Waals surface area contributed by atoms with Crippen LogP contribution in [0.4, 0.5) is 0 Å². The van der Waals surface area contributed by atoms with Crippen molar-refractivity contribution in [2.24, 2.45) is 0 Å². The highest BCUT2D eigenvalue weighted by molar-refractivity contribution is 14.1. The van der Waals surface area contributed by atoms with Gasteiger partial charge in [-0.3, -0.25) is 0 Å². The molecule has 0 saturated carbocycles. The van der Waals surface area contributed by atoms with Gasteiger partial charge in [-0.1, -0.05) is 30.3 Å². The zero-order valence-electron chi connectivity index (χ0n) is 10.6. The van der Waals surface area contributed by atoms with Crippen LogP contribution < -0.4 is 5.32 Å². The predicted octanol–water partition coefficient (Wildman–Crippen LogP) is 4.81. The Labute approximate surface area is 130 Å². The van der Waals surface area contributed by atoms with E-state index in [-0.39, 0.29) is 6.04 Å². The van der Waals surface area contributed by atoms with Gasteiger partial charge in [-0.2, -0.15) is 0 Å². The molecule has 1 heterocycles. The van der Waals surface area contributed by atoms with Crippen LogP contribution in [0.5, 0.6) is 0 Å². The van der Waals surface area contributed by atoms with Crippen molar-refractivity contribution in [3.05, 3.63) is 68.6 Å². The van der Waals surface area contributed by atoms with Crippen LogP contribution >= 0.6 is 33.9 Å². The van der Waals surface area contributed by atoms with Crippen molar-refractivity contribution in [2.75, 3.05) is 7.05 Å². The largest absolute Gasteiger partial charge is 0.309 e. The van der Waals surface area contributed by atoms with E-state index in [1.165, 1.54) is 24.8 Å². The van der Waals surface area contributed by atoms with E-state index in [9.17, 15) is 0 Å². The normalized spacial score (nSPS) is 12.7. The summed E-state index contributed by atoms with van der Waals surface area (Å²) in [6.07, 6.45) is 0. The van der Waals surface area contributed by atoms with Crippen LogP contribution in [0.3, 0.4) is 0 Å². The van der Waals surface area contributed by atoms with E-state index in [2.05, 4.69) is 81.8 Å². The van der Waals surface area contributed by atoms with Gasteiger partial charge in [0.05, 0.1) is 6.04 Å². The van der Waals surface area contributed by atoms with Crippen LogP contribution in [0.25, 0.3) is 10.1 Å². The fourth-order valence-corrected chi connectivity index (χ4v) is 3.70. The van der Waals surface area contributed by atoms with E-state index in [1.54, 1.807) is 0 Å². The third kappa shape index (κ3) is 2.55.